The molecule has 0 saturated heterocycles. The van der Waals surface area contributed by atoms with Gasteiger partial charge in [0.1, 0.15) is 5.78 Å². The topological polar surface area (TPSA) is 34.1 Å². The van der Waals surface area contributed by atoms with Gasteiger partial charge in [-0.1, -0.05) is 29.8 Å². The molecular formula is C19H25BrO2. The second kappa shape index (κ2) is 4.78. The van der Waals surface area contributed by atoms with Crippen LogP contribution in [-0.4, -0.2) is 16.4 Å². The molecule has 3 fully saturated rings. The van der Waals surface area contributed by atoms with Crippen molar-refractivity contribution in [3.05, 3.63) is 11.6 Å². The van der Waals surface area contributed by atoms with E-state index in [1.54, 1.807) is 0 Å². The number of carbonyl (C=O) groups is 2. The van der Waals surface area contributed by atoms with Crippen LogP contribution in [0.1, 0.15) is 58.8 Å². The molecule has 4 aliphatic carbocycles. The Hall–Kier alpha value is -0.440. The van der Waals surface area contributed by atoms with E-state index in [0.29, 0.717) is 40.6 Å². The van der Waals surface area contributed by atoms with Gasteiger partial charge in [-0.15, -0.1) is 0 Å². The fourth-order valence-electron chi connectivity index (χ4n) is 6.33. The minimum Gasteiger partial charge on any atom is -0.299 e. The van der Waals surface area contributed by atoms with E-state index in [-0.39, 0.29) is 10.8 Å². The molecule has 0 aromatic heterocycles. The Morgan fingerprint density at radius 3 is 2.55 bits per heavy atom. The number of Topliss-reactive ketones (excluding diaryl/α,β-unsaturated/α-hetero) is 1. The van der Waals surface area contributed by atoms with E-state index in [0.717, 1.165) is 38.5 Å². The van der Waals surface area contributed by atoms with Gasteiger partial charge in [-0.05, 0) is 66.9 Å². The van der Waals surface area contributed by atoms with Gasteiger partial charge in [0.05, 0.1) is 0 Å². The van der Waals surface area contributed by atoms with Gasteiger partial charge in [-0.25, -0.2) is 0 Å². The van der Waals surface area contributed by atoms with Crippen molar-refractivity contribution in [2.45, 2.75) is 63.6 Å². The second-order valence-corrected chi connectivity index (χ2v) is 9.59. The largest absolute Gasteiger partial charge is 0.299 e. The first-order valence-electron chi connectivity index (χ1n) is 8.78. The molecule has 0 amide bonds. The molecule has 4 rings (SSSR count). The molecule has 6 unspecified atom stereocenters. The number of hydrogen-bond acceptors (Lipinski definition) is 2. The maximum absolute atomic E-state index is 12.4. The third-order valence-corrected chi connectivity index (χ3v) is 8.51. The molecule has 0 aliphatic heterocycles. The van der Waals surface area contributed by atoms with Gasteiger partial charge in [-0.2, -0.15) is 0 Å². The predicted molar refractivity (Wildman–Crippen MR) is 89.8 cm³/mol. The van der Waals surface area contributed by atoms with Gasteiger partial charge in [0.2, 0.25) is 0 Å². The summed E-state index contributed by atoms with van der Waals surface area (Å²) < 4.78 is 0. The third kappa shape index (κ3) is 1.84. The minimum atomic E-state index is -0.0596. The van der Waals surface area contributed by atoms with Gasteiger partial charge in [-0.3, -0.25) is 9.59 Å². The quantitative estimate of drug-likeness (QED) is 0.594. The van der Waals surface area contributed by atoms with Crippen LogP contribution in [0, 0.1) is 28.6 Å². The molecule has 0 radical (unpaired) electrons. The van der Waals surface area contributed by atoms with Crippen LogP contribution in [0.4, 0.5) is 0 Å². The molecule has 0 aromatic carbocycles. The van der Waals surface area contributed by atoms with E-state index < -0.39 is 0 Å². The van der Waals surface area contributed by atoms with Crippen molar-refractivity contribution in [1.29, 1.82) is 0 Å². The highest BCUT2D eigenvalue weighted by Gasteiger charge is 2.60. The standard InChI is InChI=1S/C19H25BrO2/c1-18-7-5-11(21)9-15(18)16(20)10-12-13-3-4-17(22)19(13,2)8-6-14(12)18/h9,12-14,16H,3-8,10H2,1-2H3. The van der Waals surface area contributed by atoms with Gasteiger partial charge >= 0.3 is 0 Å². The molecule has 3 saturated carbocycles. The first kappa shape index (κ1) is 15.1. The predicted octanol–water partition coefficient (Wildman–Crippen LogP) is 4.46. The molecular weight excluding hydrogens is 340 g/mol. The highest BCUT2D eigenvalue weighted by atomic mass is 79.9. The fourth-order valence-corrected chi connectivity index (χ4v) is 7.42. The average Bonchev–Trinajstić information content (AvgIpc) is 2.77. The van der Waals surface area contributed by atoms with Crippen molar-refractivity contribution in [2.24, 2.45) is 28.6 Å². The van der Waals surface area contributed by atoms with E-state index in [4.69, 9.17) is 0 Å². The van der Waals surface area contributed by atoms with Crippen molar-refractivity contribution < 1.29 is 9.59 Å². The summed E-state index contributed by atoms with van der Waals surface area (Å²) in [5, 5.41) is 0. The number of ketones is 2. The van der Waals surface area contributed by atoms with Crippen molar-refractivity contribution in [3.8, 4) is 0 Å². The summed E-state index contributed by atoms with van der Waals surface area (Å²) in [5.41, 5.74) is 1.45. The molecule has 22 heavy (non-hydrogen) atoms. The number of rotatable bonds is 0. The van der Waals surface area contributed by atoms with Crippen molar-refractivity contribution >= 4 is 27.5 Å². The minimum absolute atomic E-state index is 0.0596. The lowest BCUT2D eigenvalue weighted by molar-refractivity contribution is -0.132. The summed E-state index contributed by atoms with van der Waals surface area (Å²) in [6.07, 6.45) is 8.83. The zero-order valence-electron chi connectivity index (χ0n) is 13.5. The van der Waals surface area contributed by atoms with Crippen LogP contribution in [-0.2, 0) is 9.59 Å². The maximum Gasteiger partial charge on any atom is 0.155 e. The molecule has 6 atom stereocenters. The normalized spacial score (nSPS) is 51.0. The number of carbonyl (C=O) groups excluding carboxylic acids is 2. The number of allylic oxidation sites excluding steroid dienone is 1. The van der Waals surface area contributed by atoms with Crippen LogP contribution in [0.15, 0.2) is 11.6 Å². The van der Waals surface area contributed by atoms with E-state index in [2.05, 4.69) is 29.8 Å². The van der Waals surface area contributed by atoms with Crippen LogP contribution in [0.2, 0.25) is 0 Å². The van der Waals surface area contributed by atoms with E-state index in [9.17, 15) is 9.59 Å². The maximum atomic E-state index is 12.4. The van der Waals surface area contributed by atoms with Crippen molar-refractivity contribution in [3.63, 3.8) is 0 Å². The molecule has 3 heteroatoms. The molecule has 120 valence electrons. The van der Waals surface area contributed by atoms with Crippen LogP contribution < -0.4 is 0 Å². The first-order chi connectivity index (χ1) is 10.4. The lowest BCUT2D eigenvalue weighted by Crippen LogP contribution is -2.53. The van der Waals surface area contributed by atoms with Crippen LogP contribution >= 0.6 is 15.9 Å². The second-order valence-electron chi connectivity index (χ2n) is 8.48. The summed E-state index contributed by atoms with van der Waals surface area (Å²) in [7, 11) is 0. The summed E-state index contributed by atoms with van der Waals surface area (Å²) in [6, 6.07) is 0. The van der Waals surface area contributed by atoms with Crippen molar-refractivity contribution in [1.82, 2.24) is 0 Å². The summed E-state index contributed by atoms with van der Waals surface area (Å²) in [4.78, 5) is 24.6. The van der Waals surface area contributed by atoms with Crippen LogP contribution in [0.25, 0.3) is 0 Å². The number of halogens is 1. The Morgan fingerprint density at radius 1 is 1.05 bits per heavy atom. The van der Waals surface area contributed by atoms with Gasteiger partial charge in [0, 0.05) is 23.1 Å². The highest BCUT2D eigenvalue weighted by Crippen LogP contribution is 2.65. The van der Waals surface area contributed by atoms with Crippen LogP contribution in [0.3, 0.4) is 0 Å². The zero-order valence-corrected chi connectivity index (χ0v) is 15.1. The number of alkyl halides is 1. The summed E-state index contributed by atoms with van der Waals surface area (Å²) >= 11 is 3.88. The molecule has 0 bridgehead atoms. The zero-order chi connectivity index (χ0) is 15.7. The lowest BCUT2D eigenvalue weighted by atomic mass is 9.47. The molecule has 0 spiro atoms. The van der Waals surface area contributed by atoms with E-state index in [1.807, 2.05) is 6.08 Å². The summed E-state index contributed by atoms with van der Waals surface area (Å²) in [5.74, 6) is 2.67. The van der Waals surface area contributed by atoms with Gasteiger partial charge in [0.25, 0.3) is 0 Å². The Kier molecular flexibility index (Phi) is 3.28. The van der Waals surface area contributed by atoms with E-state index in [1.165, 1.54) is 5.57 Å². The smallest absolute Gasteiger partial charge is 0.155 e. The molecule has 0 N–H and O–H groups in total. The summed E-state index contributed by atoms with van der Waals surface area (Å²) in [6.45, 7) is 4.61. The average molecular weight is 365 g/mol. The Labute approximate surface area is 141 Å². The van der Waals surface area contributed by atoms with Gasteiger partial charge < -0.3 is 0 Å². The van der Waals surface area contributed by atoms with E-state index >= 15 is 0 Å². The third-order valence-electron chi connectivity index (χ3n) is 7.65. The van der Waals surface area contributed by atoms with Crippen molar-refractivity contribution in [2.75, 3.05) is 0 Å². The Morgan fingerprint density at radius 2 is 1.77 bits per heavy atom. The molecule has 2 nitrogen and oxygen atoms in total. The number of hydrogen-bond donors (Lipinski definition) is 0. The Bertz CT molecular complexity index is 580. The van der Waals surface area contributed by atoms with Crippen LogP contribution in [0.5, 0.6) is 0 Å². The molecule has 0 aromatic rings. The first-order valence-corrected chi connectivity index (χ1v) is 9.70. The fraction of sp³-hybridized carbons (Fsp3) is 0.789. The van der Waals surface area contributed by atoms with Gasteiger partial charge in [0.15, 0.2) is 5.78 Å². The molecule has 4 aliphatic rings. The molecule has 0 heterocycles. The number of fused-ring (bicyclic) bond motifs is 5. The highest BCUT2D eigenvalue weighted by molar-refractivity contribution is 9.09. The monoisotopic (exact) mass is 364 g/mol. The Balaban J connectivity index is 1.74. The SMILES string of the molecule is CC12CCC3C(CC(Br)C4=CC(=O)CCC43C)C1CCC2=O. The lowest BCUT2D eigenvalue weighted by Gasteiger charge is -2.58.